The van der Waals surface area contributed by atoms with Gasteiger partial charge in [-0.05, 0) is 12.0 Å². The number of aromatic nitrogens is 4. The zero-order valence-electron chi connectivity index (χ0n) is 9.46. The van der Waals surface area contributed by atoms with Crippen molar-refractivity contribution in [2.75, 3.05) is 0 Å². The maximum Gasteiger partial charge on any atom is 0.0946 e. The van der Waals surface area contributed by atoms with E-state index in [1.54, 1.807) is 11.0 Å². The number of nitrogens with two attached hydrogens (primary N) is 1. The molecular formula is C10H16N6. The lowest BCUT2D eigenvalue weighted by molar-refractivity contribution is 0.521. The maximum atomic E-state index is 5.57. The van der Waals surface area contributed by atoms with Gasteiger partial charge < -0.3 is 4.57 Å². The number of rotatable bonds is 4. The number of imidazole rings is 1. The molecular weight excluding hydrogens is 204 g/mol. The number of hydrogen-bond donors (Lipinski definition) is 2. The second kappa shape index (κ2) is 4.46. The summed E-state index contributed by atoms with van der Waals surface area (Å²) in [6.07, 6.45) is 8.22. The van der Waals surface area contributed by atoms with E-state index in [2.05, 4.69) is 15.5 Å². The fraction of sp³-hybridized carbons (Fsp3) is 0.400. The Morgan fingerprint density at radius 3 is 2.75 bits per heavy atom. The predicted molar refractivity (Wildman–Crippen MR) is 60.2 cm³/mol. The second-order valence-electron chi connectivity index (χ2n) is 3.88. The van der Waals surface area contributed by atoms with Crippen LogP contribution in [-0.2, 0) is 20.5 Å². The first-order valence-electron chi connectivity index (χ1n) is 5.10. The maximum absolute atomic E-state index is 5.57. The number of nitrogens with zero attached hydrogens (tertiary/aromatic N) is 4. The van der Waals surface area contributed by atoms with Crippen LogP contribution in [0.25, 0.3) is 0 Å². The Kier molecular flexibility index (Phi) is 3.02. The smallest absolute Gasteiger partial charge is 0.0946 e. The Labute approximate surface area is 94.1 Å². The van der Waals surface area contributed by atoms with E-state index in [0.717, 1.165) is 17.7 Å². The Balaban J connectivity index is 2.15. The van der Waals surface area contributed by atoms with Crippen molar-refractivity contribution in [3.05, 3.63) is 36.2 Å². The molecule has 2 rings (SSSR count). The van der Waals surface area contributed by atoms with E-state index in [0.29, 0.717) is 0 Å². The molecule has 16 heavy (non-hydrogen) atoms. The van der Waals surface area contributed by atoms with Gasteiger partial charge in [0.1, 0.15) is 0 Å². The van der Waals surface area contributed by atoms with Crippen molar-refractivity contribution in [1.29, 1.82) is 0 Å². The molecule has 0 saturated heterocycles. The molecule has 0 aromatic carbocycles. The van der Waals surface area contributed by atoms with Crippen LogP contribution in [-0.4, -0.2) is 19.3 Å². The molecule has 6 heteroatoms. The zero-order chi connectivity index (χ0) is 11.5. The van der Waals surface area contributed by atoms with Gasteiger partial charge in [0.25, 0.3) is 0 Å². The molecule has 2 heterocycles. The molecule has 0 fully saturated rings. The summed E-state index contributed by atoms with van der Waals surface area (Å²) < 4.78 is 3.74. The lowest BCUT2D eigenvalue weighted by Gasteiger charge is -2.15. The molecule has 2 aromatic heterocycles. The number of hydrogen-bond acceptors (Lipinski definition) is 4. The van der Waals surface area contributed by atoms with Crippen LogP contribution in [0.4, 0.5) is 0 Å². The zero-order valence-corrected chi connectivity index (χ0v) is 9.46. The average molecular weight is 220 g/mol. The van der Waals surface area contributed by atoms with Gasteiger partial charge in [0.05, 0.1) is 24.3 Å². The summed E-state index contributed by atoms with van der Waals surface area (Å²) in [6.45, 7) is 0. The summed E-state index contributed by atoms with van der Waals surface area (Å²) in [5.74, 6) is 5.57. The minimum absolute atomic E-state index is 0.0525. The lowest BCUT2D eigenvalue weighted by atomic mass is 10.1. The molecule has 1 atom stereocenters. The van der Waals surface area contributed by atoms with E-state index in [1.165, 1.54) is 0 Å². The van der Waals surface area contributed by atoms with Crippen molar-refractivity contribution in [3.63, 3.8) is 0 Å². The van der Waals surface area contributed by atoms with E-state index >= 15 is 0 Å². The van der Waals surface area contributed by atoms with Crippen LogP contribution in [0.2, 0.25) is 0 Å². The van der Waals surface area contributed by atoms with Crippen LogP contribution in [0.3, 0.4) is 0 Å². The highest BCUT2D eigenvalue weighted by Gasteiger charge is 2.14. The fourth-order valence-corrected chi connectivity index (χ4v) is 1.77. The molecule has 6 nitrogen and oxygen atoms in total. The third-order valence-electron chi connectivity index (χ3n) is 2.61. The van der Waals surface area contributed by atoms with E-state index in [9.17, 15) is 0 Å². The normalized spacial score (nSPS) is 12.9. The standard InChI is InChI=1S/C10H16N6/c1-15-7-12-5-10(15)9(14-11)3-8-4-13-16(2)6-8/h4-7,9,14H,3,11H2,1-2H3. The summed E-state index contributed by atoms with van der Waals surface area (Å²) in [5, 5.41) is 4.13. The first kappa shape index (κ1) is 10.8. The van der Waals surface area contributed by atoms with Crippen LogP contribution >= 0.6 is 0 Å². The molecule has 86 valence electrons. The molecule has 2 aromatic rings. The molecule has 3 N–H and O–H groups in total. The van der Waals surface area contributed by atoms with Gasteiger partial charge in [0.15, 0.2) is 0 Å². The monoisotopic (exact) mass is 220 g/mol. The Hall–Kier alpha value is -1.66. The molecule has 0 radical (unpaired) electrons. The molecule has 0 spiro atoms. The first-order chi connectivity index (χ1) is 7.70. The van der Waals surface area contributed by atoms with Crippen LogP contribution in [0.5, 0.6) is 0 Å². The van der Waals surface area contributed by atoms with E-state index in [4.69, 9.17) is 5.84 Å². The van der Waals surface area contributed by atoms with Gasteiger partial charge in [-0.15, -0.1) is 0 Å². The van der Waals surface area contributed by atoms with Crippen molar-refractivity contribution >= 4 is 0 Å². The molecule has 0 aliphatic rings. The molecule has 1 unspecified atom stereocenters. The van der Waals surface area contributed by atoms with Crippen LogP contribution in [0.1, 0.15) is 17.3 Å². The highest BCUT2D eigenvalue weighted by atomic mass is 15.3. The molecule has 0 saturated carbocycles. The van der Waals surface area contributed by atoms with Crippen molar-refractivity contribution in [2.45, 2.75) is 12.5 Å². The van der Waals surface area contributed by atoms with Gasteiger partial charge in [-0.3, -0.25) is 16.0 Å². The number of nitrogens with one attached hydrogen (secondary N) is 1. The fourth-order valence-electron chi connectivity index (χ4n) is 1.77. The minimum Gasteiger partial charge on any atom is -0.336 e. The third-order valence-corrected chi connectivity index (χ3v) is 2.61. The summed E-state index contributed by atoms with van der Waals surface area (Å²) in [5.41, 5.74) is 5.01. The molecule has 0 aliphatic heterocycles. The average Bonchev–Trinajstić information content (AvgIpc) is 2.84. The van der Waals surface area contributed by atoms with Gasteiger partial charge in [0, 0.05) is 26.5 Å². The van der Waals surface area contributed by atoms with Gasteiger partial charge in [-0.2, -0.15) is 5.10 Å². The molecule has 0 amide bonds. The van der Waals surface area contributed by atoms with Crippen LogP contribution in [0.15, 0.2) is 24.9 Å². The predicted octanol–water partition coefficient (Wildman–Crippen LogP) is -0.0993. The summed E-state index contributed by atoms with van der Waals surface area (Å²) in [4.78, 5) is 4.08. The van der Waals surface area contributed by atoms with Gasteiger partial charge >= 0.3 is 0 Å². The van der Waals surface area contributed by atoms with Crippen molar-refractivity contribution in [3.8, 4) is 0 Å². The SMILES string of the molecule is Cn1cc(CC(NN)c2cncn2C)cn1. The number of aryl methyl sites for hydroxylation is 2. The van der Waals surface area contributed by atoms with Gasteiger partial charge in [0.2, 0.25) is 0 Å². The highest BCUT2D eigenvalue weighted by Crippen LogP contribution is 2.16. The van der Waals surface area contributed by atoms with Crippen molar-refractivity contribution < 1.29 is 0 Å². The Bertz CT molecular complexity index is 457. The van der Waals surface area contributed by atoms with Gasteiger partial charge in [-0.25, -0.2) is 4.98 Å². The quantitative estimate of drug-likeness (QED) is 0.557. The number of hydrazine groups is 1. The highest BCUT2D eigenvalue weighted by molar-refractivity contribution is 5.12. The van der Waals surface area contributed by atoms with Crippen LogP contribution in [0, 0.1) is 0 Å². The lowest BCUT2D eigenvalue weighted by Crippen LogP contribution is -2.30. The van der Waals surface area contributed by atoms with Gasteiger partial charge in [-0.1, -0.05) is 0 Å². The summed E-state index contributed by atoms with van der Waals surface area (Å²) in [7, 11) is 3.86. The topological polar surface area (TPSA) is 73.7 Å². The van der Waals surface area contributed by atoms with Crippen LogP contribution < -0.4 is 11.3 Å². The second-order valence-corrected chi connectivity index (χ2v) is 3.88. The third kappa shape index (κ3) is 2.12. The molecule has 0 bridgehead atoms. The summed E-state index contributed by atoms with van der Waals surface area (Å²) in [6, 6.07) is 0.0525. The Morgan fingerprint density at radius 1 is 1.44 bits per heavy atom. The minimum atomic E-state index is 0.0525. The van der Waals surface area contributed by atoms with E-state index < -0.39 is 0 Å². The Morgan fingerprint density at radius 2 is 2.25 bits per heavy atom. The summed E-state index contributed by atoms with van der Waals surface area (Å²) >= 11 is 0. The first-order valence-corrected chi connectivity index (χ1v) is 5.10. The van der Waals surface area contributed by atoms with E-state index in [1.807, 2.05) is 37.3 Å². The van der Waals surface area contributed by atoms with Crippen molar-refractivity contribution in [1.82, 2.24) is 24.8 Å². The largest absolute Gasteiger partial charge is 0.336 e. The van der Waals surface area contributed by atoms with Crippen molar-refractivity contribution in [2.24, 2.45) is 19.9 Å². The van der Waals surface area contributed by atoms with E-state index in [-0.39, 0.29) is 6.04 Å². The molecule has 0 aliphatic carbocycles.